The van der Waals surface area contributed by atoms with Gasteiger partial charge in [-0.15, -0.1) is 0 Å². The Kier molecular flexibility index (Phi) is 7.75. The fourth-order valence-electron chi connectivity index (χ4n) is 3.20. The van der Waals surface area contributed by atoms with Crippen molar-refractivity contribution in [2.24, 2.45) is 0 Å². The molecule has 1 aliphatic heterocycles. The molecule has 1 fully saturated rings. The molecule has 1 saturated heterocycles. The van der Waals surface area contributed by atoms with Crippen LogP contribution in [0.25, 0.3) is 0 Å². The number of hydrogen-bond donors (Lipinski definition) is 1. The Morgan fingerprint density at radius 3 is 2.27 bits per heavy atom. The van der Waals surface area contributed by atoms with E-state index >= 15 is 0 Å². The quantitative estimate of drug-likeness (QED) is 0.566. The summed E-state index contributed by atoms with van der Waals surface area (Å²) >= 11 is 6.00. The third-order valence-electron chi connectivity index (χ3n) is 4.77. The van der Waals surface area contributed by atoms with Gasteiger partial charge in [0, 0.05) is 24.7 Å². The number of piperidine rings is 1. The molecule has 0 amide bonds. The Balaban J connectivity index is 1.49. The van der Waals surface area contributed by atoms with Crippen molar-refractivity contribution in [3.8, 4) is 5.75 Å². The average Bonchev–Trinajstić information content (AvgIpc) is 2.74. The van der Waals surface area contributed by atoms with Crippen LogP contribution in [0.15, 0.2) is 53.4 Å². The summed E-state index contributed by atoms with van der Waals surface area (Å²) in [6.45, 7) is 1.30. The first-order chi connectivity index (χ1) is 14.3. The minimum atomic E-state index is -3.55. The van der Waals surface area contributed by atoms with Crippen LogP contribution in [-0.4, -0.2) is 47.4 Å². The van der Waals surface area contributed by atoms with Crippen molar-refractivity contribution in [2.75, 3.05) is 26.2 Å². The maximum Gasteiger partial charge on any atom is 0.243 e. The summed E-state index contributed by atoms with van der Waals surface area (Å²) in [7, 11) is -7.03. The molecule has 10 heteroatoms. The van der Waals surface area contributed by atoms with Crippen molar-refractivity contribution < 1.29 is 21.6 Å². The summed E-state index contributed by atoms with van der Waals surface area (Å²) < 4.78 is 59.1. The van der Waals surface area contributed by atoms with Crippen molar-refractivity contribution in [1.82, 2.24) is 9.03 Å². The number of hydrogen-bond acceptors (Lipinski definition) is 5. The number of halogens is 1. The molecule has 0 aromatic heterocycles. The maximum atomic E-state index is 12.6. The van der Waals surface area contributed by atoms with Crippen LogP contribution < -0.4 is 9.46 Å². The smallest absolute Gasteiger partial charge is 0.243 e. The summed E-state index contributed by atoms with van der Waals surface area (Å²) in [5, 5.41) is 0.402. The Morgan fingerprint density at radius 2 is 1.60 bits per heavy atom. The number of nitrogens with zero attached hydrogens (tertiary/aromatic N) is 1. The Bertz CT molecular complexity index is 1050. The molecular formula is C20H25ClN2O5S2. The lowest BCUT2D eigenvalue weighted by molar-refractivity contribution is 0.322. The Morgan fingerprint density at radius 1 is 0.933 bits per heavy atom. The zero-order valence-corrected chi connectivity index (χ0v) is 18.8. The SMILES string of the molecule is O=S(=O)(Cc1ccccc1Cl)NCCOc1ccc(S(=O)(=O)N2CCCCC2)cc1. The molecule has 0 aliphatic carbocycles. The van der Waals surface area contributed by atoms with Gasteiger partial charge in [-0.25, -0.2) is 21.6 Å². The molecule has 7 nitrogen and oxygen atoms in total. The summed E-state index contributed by atoms with van der Waals surface area (Å²) in [5.41, 5.74) is 0.526. The fraction of sp³-hybridized carbons (Fsp3) is 0.400. The molecule has 0 unspecified atom stereocenters. The van der Waals surface area contributed by atoms with Gasteiger partial charge in [-0.2, -0.15) is 4.31 Å². The van der Waals surface area contributed by atoms with Gasteiger partial charge < -0.3 is 4.74 Å². The zero-order valence-electron chi connectivity index (χ0n) is 16.5. The van der Waals surface area contributed by atoms with Crippen LogP contribution >= 0.6 is 11.6 Å². The van der Waals surface area contributed by atoms with E-state index in [4.69, 9.17) is 16.3 Å². The van der Waals surface area contributed by atoms with E-state index in [1.807, 2.05) is 0 Å². The first kappa shape index (κ1) is 23.0. The highest BCUT2D eigenvalue weighted by atomic mass is 35.5. The zero-order chi connectivity index (χ0) is 21.6. The fourth-order valence-corrected chi connectivity index (χ4v) is 6.16. The molecule has 3 rings (SSSR count). The largest absolute Gasteiger partial charge is 0.492 e. The number of benzene rings is 2. The van der Waals surface area contributed by atoms with E-state index in [2.05, 4.69) is 4.72 Å². The van der Waals surface area contributed by atoms with Gasteiger partial charge in [0.2, 0.25) is 20.0 Å². The van der Waals surface area contributed by atoms with Crippen molar-refractivity contribution in [3.63, 3.8) is 0 Å². The monoisotopic (exact) mass is 472 g/mol. The molecule has 0 saturated carbocycles. The summed E-state index contributed by atoms with van der Waals surface area (Å²) in [6, 6.07) is 13.0. The maximum absolute atomic E-state index is 12.6. The van der Waals surface area contributed by atoms with Gasteiger partial charge in [0.15, 0.2) is 0 Å². The van der Waals surface area contributed by atoms with Gasteiger partial charge in [-0.1, -0.05) is 36.2 Å². The number of rotatable bonds is 9. The van der Waals surface area contributed by atoms with Gasteiger partial charge in [-0.05, 0) is 48.7 Å². The second-order valence-electron chi connectivity index (χ2n) is 7.03. The van der Waals surface area contributed by atoms with Gasteiger partial charge in [0.1, 0.15) is 12.4 Å². The van der Waals surface area contributed by atoms with E-state index in [0.717, 1.165) is 19.3 Å². The van der Waals surface area contributed by atoms with Gasteiger partial charge in [0.25, 0.3) is 0 Å². The van der Waals surface area contributed by atoms with Gasteiger partial charge in [0.05, 0.1) is 10.6 Å². The minimum absolute atomic E-state index is 0.0839. The topological polar surface area (TPSA) is 92.8 Å². The van der Waals surface area contributed by atoms with Crippen LogP contribution in [-0.2, 0) is 25.8 Å². The molecule has 2 aromatic rings. The van der Waals surface area contributed by atoms with Crippen LogP contribution in [0.1, 0.15) is 24.8 Å². The second kappa shape index (κ2) is 10.1. The van der Waals surface area contributed by atoms with E-state index in [0.29, 0.717) is 29.4 Å². The van der Waals surface area contributed by atoms with E-state index in [1.54, 1.807) is 36.4 Å². The molecule has 164 valence electrons. The van der Waals surface area contributed by atoms with Crippen molar-refractivity contribution in [1.29, 1.82) is 0 Å². The van der Waals surface area contributed by atoms with Crippen LogP contribution in [0, 0.1) is 0 Å². The molecule has 30 heavy (non-hydrogen) atoms. The normalized spacial score (nSPS) is 15.8. The van der Waals surface area contributed by atoms with E-state index < -0.39 is 20.0 Å². The molecule has 0 bridgehead atoms. The first-order valence-electron chi connectivity index (χ1n) is 9.72. The minimum Gasteiger partial charge on any atom is -0.492 e. The lowest BCUT2D eigenvalue weighted by Crippen LogP contribution is -2.35. The molecule has 1 N–H and O–H groups in total. The standard InChI is InChI=1S/C20H25ClN2O5S2/c21-20-7-3-2-6-17(20)16-29(24,25)22-12-15-28-18-8-10-19(11-9-18)30(26,27)23-13-4-1-5-14-23/h2-3,6-11,22H,1,4-5,12-16H2. The van der Waals surface area contributed by atoms with Crippen molar-refractivity contribution >= 4 is 31.6 Å². The molecule has 0 radical (unpaired) electrons. The van der Waals surface area contributed by atoms with E-state index in [-0.39, 0.29) is 23.8 Å². The highest BCUT2D eigenvalue weighted by molar-refractivity contribution is 7.89. The lowest BCUT2D eigenvalue weighted by Gasteiger charge is -2.25. The average molecular weight is 473 g/mol. The van der Waals surface area contributed by atoms with E-state index in [9.17, 15) is 16.8 Å². The van der Waals surface area contributed by atoms with E-state index in [1.165, 1.54) is 16.4 Å². The molecule has 1 heterocycles. The molecule has 0 atom stereocenters. The second-order valence-corrected chi connectivity index (χ2v) is 11.2. The molecule has 2 aromatic carbocycles. The van der Waals surface area contributed by atoms with Crippen LogP contribution in [0.2, 0.25) is 5.02 Å². The summed E-state index contributed by atoms with van der Waals surface area (Å²) in [6.07, 6.45) is 2.82. The highest BCUT2D eigenvalue weighted by Crippen LogP contribution is 2.22. The van der Waals surface area contributed by atoms with Crippen LogP contribution in [0.5, 0.6) is 5.75 Å². The predicted molar refractivity (Wildman–Crippen MR) is 117 cm³/mol. The Labute approximate surface area is 183 Å². The van der Waals surface area contributed by atoms with Crippen molar-refractivity contribution in [2.45, 2.75) is 29.9 Å². The molecule has 1 aliphatic rings. The number of sulfonamides is 2. The summed E-state index contributed by atoms with van der Waals surface area (Å²) in [5.74, 6) is 0.258. The summed E-state index contributed by atoms with van der Waals surface area (Å²) in [4.78, 5) is 0.234. The highest BCUT2D eigenvalue weighted by Gasteiger charge is 2.25. The predicted octanol–water partition coefficient (Wildman–Crippen LogP) is 3.01. The molecular weight excluding hydrogens is 448 g/mol. The number of ether oxygens (including phenoxy) is 1. The van der Waals surface area contributed by atoms with Gasteiger partial charge in [-0.3, -0.25) is 0 Å². The first-order valence-corrected chi connectivity index (χ1v) is 13.2. The van der Waals surface area contributed by atoms with Crippen molar-refractivity contribution in [3.05, 3.63) is 59.1 Å². The number of nitrogens with one attached hydrogen (secondary N) is 1. The Hall–Kier alpha value is -1.65. The third kappa shape index (κ3) is 6.18. The van der Waals surface area contributed by atoms with Gasteiger partial charge >= 0.3 is 0 Å². The van der Waals surface area contributed by atoms with Crippen LogP contribution in [0.4, 0.5) is 0 Å². The van der Waals surface area contributed by atoms with Crippen LogP contribution in [0.3, 0.4) is 0 Å². The lowest BCUT2D eigenvalue weighted by atomic mass is 10.2. The third-order valence-corrected chi connectivity index (χ3v) is 8.39. The molecule has 0 spiro atoms.